The molecule has 138 valence electrons. The average Bonchev–Trinajstić information content (AvgIpc) is 2.61. The van der Waals surface area contributed by atoms with Gasteiger partial charge in [0.05, 0.1) is 6.61 Å². The number of esters is 1. The van der Waals surface area contributed by atoms with E-state index in [0.717, 1.165) is 0 Å². The van der Waals surface area contributed by atoms with Gasteiger partial charge in [0, 0.05) is 11.3 Å². The van der Waals surface area contributed by atoms with Crippen LogP contribution in [0.4, 0.5) is 5.69 Å². The summed E-state index contributed by atoms with van der Waals surface area (Å²) in [5.74, 6) is -0.0557. The van der Waals surface area contributed by atoms with E-state index in [9.17, 15) is 9.59 Å². The first-order valence-corrected chi connectivity index (χ1v) is 8.60. The zero-order valence-electron chi connectivity index (χ0n) is 15.7. The fraction of sp³-hybridized carbons (Fsp3) is 0.333. The van der Waals surface area contributed by atoms with Crippen LogP contribution in [0.15, 0.2) is 48.5 Å². The SMILES string of the molecule is CCOC(=O)COc1ccc(NC(=O)c2ccc(C(C)(C)C)cc2)cc1. The molecule has 0 atom stereocenters. The van der Waals surface area contributed by atoms with Gasteiger partial charge in [-0.05, 0) is 54.3 Å². The number of carbonyl (C=O) groups excluding carboxylic acids is 2. The van der Waals surface area contributed by atoms with Crippen LogP contribution in [0.2, 0.25) is 0 Å². The van der Waals surface area contributed by atoms with Gasteiger partial charge in [0.2, 0.25) is 0 Å². The lowest BCUT2D eigenvalue weighted by molar-refractivity contribution is -0.145. The summed E-state index contributed by atoms with van der Waals surface area (Å²) < 4.78 is 10.1. The van der Waals surface area contributed by atoms with Gasteiger partial charge in [-0.25, -0.2) is 4.79 Å². The van der Waals surface area contributed by atoms with Crippen LogP contribution in [-0.4, -0.2) is 25.1 Å². The fourth-order valence-corrected chi connectivity index (χ4v) is 2.30. The lowest BCUT2D eigenvalue weighted by atomic mass is 9.87. The van der Waals surface area contributed by atoms with E-state index in [2.05, 4.69) is 26.1 Å². The number of benzene rings is 2. The lowest BCUT2D eigenvalue weighted by Crippen LogP contribution is -2.15. The molecule has 0 bridgehead atoms. The molecule has 26 heavy (non-hydrogen) atoms. The van der Waals surface area contributed by atoms with E-state index in [1.165, 1.54) is 5.56 Å². The quantitative estimate of drug-likeness (QED) is 0.790. The summed E-state index contributed by atoms with van der Waals surface area (Å²) >= 11 is 0. The number of ether oxygens (including phenoxy) is 2. The predicted octanol–water partition coefficient (Wildman–Crippen LogP) is 4.18. The summed E-state index contributed by atoms with van der Waals surface area (Å²) in [6.07, 6.45) is 0. The van der Waals surface area contributed by atoms with Gasteiger partial charge in [-0.3, -0.25) is 4.79 Å². The second kappa shape index (κ2) is 8.52. The Balaban J connectivity index is 1.94. The van der Waals surface area contributed by atoms with Gasteiger partial charge >= 0.3 is 5.97 Å². The number of hydrogen-bond donors (Lipinski definition) is 1. The third-order valence-electron chi connectivity index (χ3n) is 3.79. The molecular weight excluding hydrogens is 330 g/mol. The van der Waals surface area contributed by atoms with Gasteiger partial charge in [0.15, 0.2) is 6.61 Å². The molecular formula is C21H25NO4. The largest absolute Gasteiger partial charge is 0.482 e. The Labute approximate surface area is 154 Å². The van der Waals surface area contributed by atoms with Crippen molar-refractivity contribution in [2.24, 2.45) is 0 Å². The van der Waals surface area contributed by atoms with Gasteiger partial charge in [0.1, 0.15) is 5.75 Å². The van der Waals surface area contributed by atoms with E-state index >= 15 is 0 Å². The second-order valence-electron chi connectivity index (χ2n) is 6.90. The Morgan fingerprint density at radius 3 is 2.12 bits per heavy atom. The Hall–Kier alpha value is -2.82. The van der Waals surface area contributed by atoms with Crippen molar-refractivity contribution >= 4 is 17.6 Å². The molecule has 1 amide bonds. The van der Waals surface area contributed by atoms with E-state index in [0.29, 0.717) is 23.6 Å². The first-order chi connectivity index (χ1) is 12.3. The maximum atomic E-state index is 12.3. The molecule has 0 aliphatic heterocycles. The summed E-state index contributed by atoms with van der Waals surface area (Å²) in [7, 11) is 0. The van der Waals surface area contributed by atoms with Crippen molar-refractivity contribution in [3.8, 4) is 5.75 Å². The highest BCUT2D eigenvalue weighted by Gasteiger charge is 2.14. The molecule has 2 rings (SSSR count). The Bertz CT molecular complexity index is 743. The molecule has 0 aromatic heterocycles. The van der Waals surface area contributed by atoms with Crippen molar-refractivity contribution in [3.63, 3.8) is 0 Å². The first-order valence-electron chi connectivity index (χ1n) is 8.60. The van der Waals surface area contributed by atoms with Gasteiger partial charge in [-0.15, -0.1) is 0 Å². The number of hydrogen-bond acceptors (Lipinski definition) is 4. The Morgan fingerprint density at radius 1 is 0.962 bits per heavy atom. The highest BCUT2D eigenvalue weighted by Crippen LogP contribution is 2.22. The third kappa shape index (κ3) is 5.62. The minimum absolute atomic E-state index is 0.0500. The first kappa shape index (κ1) is 19.5. The highest BCUT2D eigenvalue weighted by molar-refractivity contribution is 6.04. The van der Waals surface area contributed by atoms with Crippen molar-refractivity contribution in [1.29, 1.82) is 0 Å². The molecule has 0 saturated heterocycles. The van der Waals surface area contributed by atoms with E-state index in [-0.39, 0.29) is 17.9 Å². The van der Waals surface area contributed by atoms with Crippen LogP contribution in [0, 0.1) is 0 Å². The van der Waals surface area contributed by atoms with Crippen molar-refractivity contribution < 1.29 is 19.1 Å². The summed E-state index contributed by atoms with van der Waals surface area (Å²) in [4.78, 5) is 23.6. The monoisotopic (exact) mass is 355 g/mol. The van der Waals surface area contributed by atoms with Crippen LogP contribution in [0.1, 0.15) is 43.6 Å². The van der Waals surface area contributed by atoms with E-state index in [4.69, 9.17) is 9.47 Å². The molecule has 0 spiro atoms. The molecule has 0 aliphatic carbocycles. The summed E-state index contributed by atoms with van der Waals surface area (Å²) in [6, 6.07) is 14.4. The molecule has 0 aliphatic rings. The van der Waals surface area contributed by atoms with Gasteiger partial charge < -0.3 is 14.8 Å². The van der Waals surface area contributed by atoms with Crippen LogP contribution in [-0.2, 0) is 14.9 Å². The zero-order valence-corrected chi connectivity index (χ0v) is 15.7. The smallest absolute Gasteiger partial charge is 0.344 e. The van der Waals surface area contributed by atoms with E-state index in [1.54, 1.807) is 31.2 Å². The molecule has 5 heteroatoms. The minimum atomic E-state index is -0.413. The van der Waals surface area contributed by atoms with Crippen molar-refractivity contribution in [2.45, 2.75) is 33.1 Å². The fourth-order valence-electron chi connectivity index (χ4n) is 2.30. The normalized spacial score (nSPS) is 10.9. The third-order valence-corrected chi connectivity index (χ3v) is 3.79. The Kier molecular flexibility index (Phi) is 6.39. The second-order valence-corrected chi connectivity index (χ2v) is 6.90. The molecule has 2 aromatic rings. The topological polar surface area (TPSA) is 64.6 Å². The molecule has 0 heterocycles. The maximum Gasteiger partial charge on any atom is 0.344 e. The number of rotatable bonds is 6. The standard InChI is InChI=1S/C21H25NO4/c1-5-25-19(23)14-26-18-12-10-17(11-13-18)22-20(24)15-6-8-16(9-7-15)21(2,3)4/h6-13H,5,14H2,1-4H3,(H,22,24). The Morgan fingerprint density at radius 2 is 1.58 bits per heavy atom. The number of amides is 1. The summed E-state index contributed by atoms with van der Waals surface area (Å²) in [5, 5.41) is 2.84. The van der Waals surface area contributed by atoms with Crippen LogP contribution in [0.5, 0.6) is 5.75 Å². The average molecular weight is 355 g/mol. The van der Waals surface area contributed by atoms with Crippen molar-refractivity contribution in [3.05, 3.63) is 59.7 Å². The van der Waals surface area contributed by atoms with E-state index < -0.39 is 5.97 Å². The lowest BCUT2D eigenvalue weighted by Gasteiger charge is -2.19. The molecule has 1 N–H and O–H groups in total. The van der Waals surface area contributed by atoms with E-state index in [1.807, 2.05) is 24.3 Å². The zero-order chi connectivity index (χ0) is 19.2. The van der Waals surface area contributed by atoms with Crippen molar-refractivity contribution in [2.75, 3.05) is 18.5 Å². The highest BCUT2D eigenvalue weighted by atomic mass is 16.6. The molecule has 0 saturated carbocycles. The minimum Gasteiger partial charge on any atom is -0.482 e. The maximum absolute atomic E-state index is 12.3. The summed E-state index contributed by atoms with van der Waals surface area (Å²) in [5.41, 5.74) is 2.48. The van der Waals surface area contributed by atoms with Gasteiger partial charge in [-0.2, -0.15) is 0 Å². The molecule has 0 radical (unpaired) electrons. The van der Waals surface area contributed by atoms with Gasteiger partial charge in [0.25, 0.3) is 5.91 Å². The molecule has 0 unspecified atom stereocenters. The number of nitrogens with one attached hydrogen (secondary N) is 1. The number of anilines is 1. The molecule has 0 fully saturated rings. The molecule has 5 nitrogen and oxygen atoms in total. The van der Waals surface area contributed by atoms with Crippen LogP contribution >= 0.6 is 0 Å². The van der Waals surface area contributed by atoms with Crippen LogP contribution < -0.4 is 10.1 Å². The molecule has 2 aromatic carbocycles. The van der Waals surface area contributed by atoms with Crippen LogP contribution in [0.3, 0.4) is 0 Å². The van der Waals surface area contributed by atoms with Crippen LogP contribution in [0.25, 0.3) is 0 Å². The number of carbonyl (C=O) groups is 2. The van der Waals surface area contributed by atoms with Crippen molar-refractivity contribution in [1.82, 2.24) is 0 Å². The summed E-state index contributed by atoms with van der Waals surface area (Å²) in [6.45, 7) is 8.32. The predicted molar refractivity (Wildman–Crippen MR) is 102 cm³/mol. The van der Waals surface area contributed by atoms with Gasteiger partial charge in [-0.1, -0.05) is 32.9 Å².